The van der Waals surface area contributed by atoms with E-state index in [1.165, 1.54) is 24.6 Å². The van der Waals surface area contributed by atoms with Gasteiger partial charge in [-0.05, 0) is 44.7 Å². The first-order valence-corrected chi connectivity index (χ1v) is 12.1. The lowest BCUT2D eigenvalue weighted by molar-refractivity contribution is -0.137. The van der Waals surface area contributed by atoms with Crippen LogP contribution in [0, 0.1) is 5.82 Å². The van der Waals surface area contributed by atoms with E-state index in [-0.39, 0.29) is 30.6 Å². The van der Waals surface area contributed by atoms with Gasteiger partial charge >= 0.3 is 11.7 Å². The first-order chi connectivity index (χ1) is 16.0. The zero-order valence-electron chi connectivity index (χ0n) is 19.1. The first kappa shape index (κ1) is 23.3. The van der Waals surface area contributed by atoms with Crippen molar-refractivity contribution >= 4 is 22.6 Å². The monoisotopic (exact) mass is 457 g/mol. The number of fused-ring (bicyclic) bond motifs is 1. The first-order valence-electron chi connectivity index (χ1n) is 12.1. The SMILES string of the molecule is CCOC(=O)/C=C/Cn1c(=O)c2cc(F)c(NC3CCCCC3)cc2n(C2CCCC2)c1=O. The number of benzene rings is 1. The van der Waals surface area contributed by atoms with Gasteiger partial charge in [-0.25, -0.2) is 14.0 Å². The third kappa shape index (κ3) is 5.04. The van der Waals surface area contributed by atoms with Crippen molar-refractivity contribution in [2.24, 2.45) is 0 Å². The molecule has 4 rings (SSSR count). The number of anilines is 1. The van der Waals surface area contributed by atoms with Crippen molar-refractivity contribution in [3.8, 4) is 0 Å². The van der Waals surface area contributed by atoms with Crippen LogP contribution in [0.4, 0.5) is 10.1 Å². The fourth-order valence-corrected chi connectivity index (χ4v) is 5.10. The standard InChI is InChI=1S/C25H32FN3O4/c1-2-33-23(30)13-8-14-28-24(31)19-15-20(26)21(27-17-9-4-3-5-10-17)16-22(19)29(25(28)32)18-11-6-7-12-18/h8,13,15-18,27H,2-7,9-12,14H2,1H3/b13-8+. The minimum Gasteiger partial charge on any atom is -0.463 e. The maximum absolute atomic E-state index is 15.1. The number of allylic oxidation sites excluding steroid dienone is 1. The Morgan fingerprint density at radius 2 is 1.82 bits per heavy atom. The molecule has 0 amide bonds. The lowest BCUT2D eigenvalue weighted by Crippen LogP contribution is -2.41. The van der Waals surface area contributed by atoms with Gasteiger partial charge in [-0.3, -0.25) is 13.9 Å². The predicted molar refractivity (Wildman–Crippen MR) is 126 cm³/mol. The van der Waals surface area contributed by atoms with E-state index in [1.807, 2.05) is 0 Å². The smallest absolute Gasteiger partial charge is 0.332 e. The van der Waals surface area contributed by atoms with Crippen LogP contribution in [0.1, 0.15) is 70.8 Å². The molecule has 1 heterocycles. The highest BCUT2D eigenvalue weighted by Gasteiger charge is 2.24. The van der Waals surface area contributed by atoms with Crippen LogP contribution in [-0.4, -0.2) is 27.8 Å². The highest BCUT2D eigenvalue weighted by molar-refractivity contribution is 5.83. The molecule has 0 atom stereocenters. The molecule has 7 nitrogen and oxygen atoms in total. The second-order valence-electron chi connectivity index (χ2n) is 8.99. The third-order valence-corrected chi connectivity index (χ3v) is 6.74. The molecule has 0 spiro atoms. The molecule has 33 heavy (non-hydrogen) atoms. The maximum atomic E-state index is 15.1. The summed E-state index contributed by atoms with van der Waals surface area (Å²) in [6.45, 7) is 1.86. The summed E-state index contributed by atoms with van der Waals surface area (Å²) < 4.78 is 22.7. The van der Waals surface area contributed by atoms with Gasteiger partial charge in [0.1, 0.15) is 5.82 Å². The summed E-state index contributed by atoms with van der Waals surface area (Å²) in [6.07, 6.45) is 11.7. The van der Waals surface area contributed by atoms with Crippen molar-refractivity contribution in [3.05, 3.63) is 50.9 Å². The number of aromatic nitrogens is 2. The van der Waals surface area contributed by atoms with Crippen molar-refractivity contribution in [1.82, 2.24) is 9.13 Å². The average molecular weight is 458 g/mol. The van der Waals surface area contributed by atoms with Gasteiger partial charge < -0.3 is 10.1 Å². The maximum Gasteiger partial charge on any atom is 0.332 e. The van der Waals surface area contributed by atoms with E-state index >= 15 is 4.39 Å². The molecule has 1 N–H and O–H groups in total. The van der Waals surface area contributed by atoms with Crippen molar-refractivity contribution in [3.63, 3.8) is 0 Å². The molecule has 2 aliphatic carbocycles. The molecular formula is C25H32FN3O4. The van der Waals surface area contributed by atoms with Crippen LogP contribution in [0.3, 0.4) is 0 Å². The summed E-state index contributed by atoms with van der Waals surface area (Å²) in [5.41, 5.74) is -0.161. The highest BCUT2D eigenvalue weighted by atomic mass is 19.1. The van der Waals surface area contributed by atoms with Gasteiger partial charge in [0, 0.05) is 24.7 Å². The van der Waals surface area contributed by atoms with Crippen molar-refractivity contribution in [2.75, 3.05) is 11.9 Å². The number of halogens is 1. The van der Waals surface area contributed by atoms with E-state index in [2.05, 4.69) is 5.32 Å². The summed E-state index contributed by atoms with van der Waals surface area (Å²) in [4.78, 5) is 38.2. The Hall–Kier alpha value is -2.90. The minimum atomic E-state index is -0.555. The Morgan fingerprint density at radius 1 is 1.12 bits per heavy atom. The van der Waals surface area contributed by atoms with Crippen molar-refractivity contribution in [2.45, 2.75) is 83.3 Å². The van der Waals surface area contributed by atoms with Crippen LogP contribution in [-0.2, 0) is 16.1 Å². The number of hydrogen-bond donors (Lipinski definition) is 1. The molecule has 2 fully saturated rings. The normalized spacial score (nSPS) is 17.8. The highest BCUT2D eigenvalue weighted by Crippen LogP contribution is 2.32. The molecule has 2 aliphatic rings. The zero-order chi connectivity index (χ0) is 23.4. The number of esters is 1. The number of rotatable bonds is 7. The van der Waals surface area contributed by atoms with Crippen LogP contribution < -0.4 is 16.6 Å². The van der Waals surface area contributed by atoms with Gasteiger partial charge in [-0.15, -0.1) is 0 Å². The van der Waals surface area contributed by atoms with E-state index in [0.29, 0.717) is 11.2 Å². The summed E-state index contributed by atoms with van der Waals surface area (Å²) in [5.74, 6) is -1.03. The van der Waals surface area contributed by atoms with Gasteiger partial charge in [0.25, 0.3) is 5.56 Å². The Bertz CT molecular complexity index is 1150. The molecule has 8 heteroatoms. The van der Waals surface area contributed by atoms with E-state index in [1.54, 1.807) is 17.6 Å². The molecule has 0 radical (unpaired) electrons. The molecular weight excluding hydrogens is 425 g/mol. The van der Waals surface area contributed by atoms with E-state index in [0.717, 1.165) is 55.9 Å². The molecule has 0 aliphatic heterocycles. The van der Waals surface area contributed by atoms with Gasteiger partial charge in [-0.1, -0.05) is 38.2 Å². The fourth-order valence-electron chi connectivity index (χ4n) is 5.10. The van der Waals surface area contributed by atoms with Gasteiger partial charge in [0.15, 0.2) is 0 Å². The van der Waals surface area contributed by atoms with Gasteiger partial charge in [0.2, 0.25) is 0 Å². The quantitative estimate of drug-likeness (QED) is 0.496. The zero-order valence-corrected chi connectivity index (χ0v) is 19.1. The van der Waals surface area contributed by atoms with Crippen LogP contribution in [0.2, 0.25) is 0 Å². The van der Waals surface area contributed by atoms with Crippen molar-refractivity contribution < 1.29 is 13.9 Å². The molecule has 2 saturated carbocycles. The minimum absolute atomic E-state index is 0.0334. The molecule has 2 aromatic rings. The lowest BCUT2D eigenvalue weighted by Gasteiger charge is -2.25. The molecule has 0 unspecified atom stereocenters. The molecule has 178 valence electrons. The number of carbonyl (C=O) groups is 1. The molecule has 1 aromatic heterocycles. The number of hydrogen-bond acceptors (Lipinski definition) is 5. The number of carbonyl (C=O) groups excluding carboxylic acids is 1. The van der Waals surface area contributed by atoms with Crippen LogP contribution in [0.25, 0.3) is 10.9 Å². The summed E-state index contributed by atoms with van der Waals surface area (Å²) in [5, 5.41) is 3.49. The van der Waals surface area contributed by atoms with Crippen LogP contribution in [0.5, 0.6) is 0 Å². The predicted octanol–water partition coefficient (Wildman–Crippen LogP) is 4.28. The fraction of sp³-hybridized carbons (Fsp3) is 0.560. The Labute approximate surface area is 192 Å². The summed E-state index contributed by atoms with van der Waals surface area (Å²) >= 11 is 0. The average Bonchev–Trinajstić information content (AvgIpc) is 3.33. The van der Waals surface area contributed by atoms with Crippen molar-refractivity contribution in [1.29, 1.82) is 0 Å². The van der Waals surface area contributed by atoms with Gasteiger partial charge in [0.05, 0.1) is 23.2 Å². The second kappa shape index (κ2) is 10.4. The number of nitrogens with one attached hydrogen (secondary N) is 1. The Kier molecular flexibility index (Phi) is 7.30. The topological polar surface area (TPSA) is 82.3 Å². The largest absolute Gasteiger partial charge is 0.463 e. The second-order valence-corrected chi connectivity index (χ2v) is 8.99. The summed E-state index contributed by atoms with van der Waals surface area (Å²) in [7, 11) is 0. The molecule has 0 saturated heterocycles. The number of ether oxygens (including phenoxy) is 1. The molecule has 1 aromatic carbocycles. The molecule has 0 bridgehead atoms. The Balaban J connectivity index is 1.79. The van der Waals surface area contributed by atoms with Gasteiger partial charge in [-0.2, -0.15) is 0 Å². The van der Waals surface area contributed by atoms with E-state index in [9.17, 15) is 14.4 Å². The lowest BCUT2D eigenvalue weighted by atomic mass is 9.95. The van der Waals surface area contributed by atoms with Crippen LogP contribution >= 0.6 is 0 Å². The third-order valence-electron chi connectivity index (χ3n) is 6.74. The number of nitrogens with zero attached hydrogens (tertiary/aromatic N) is 2. The summed E-state index contributed by atoms with van der Waals surface area (Å²) in [6, 6.07) is 3.05. The van der Waals surface area contributed by atoms with E-state index in [4.69, 9.17) is 4.74 Å². The van der Waals surface area contributed by atoms with Crippen LogP contribution in [0.15, 0.2) is 33.9 Å². The van der Waals surface area contributed by atoms with E-state index < -0.39 is 23.0 Å². The Morgan fingerprint density at radius 3 is 2.52 bits per heavy atom.